The number of H-pyrrole nitrogens is 1. The molecule has 2 rings (SSSR count). The van der Waals surface area contributed by atoms with Crippen LogP contribution in [0.25, 0.3) is 0 Å². The molecule has 0 saturated heterocycles. The minimum absolute atomic E-state index is 0.0198. The second kappa shape index (κ2) is 6.43. The summed E-state index contributed by atoms with van der Waals surface area (Å²) in [4.78, 5) is 26.4. The third kappa shape index (κ3) is 3.33. The molecule has 0 saturated carbocycles. The van der Waals surface area contributed by atoms with Gasteiger partial charge in [-0.25, -0.2) is 4.39 Å². The molecule has 22 heavy (non-hydrogen) atoms. The maximum absolute atomic E-state index is 13.7. The average Bonchev–Trinajstić information content (AvgIpc) is 2.46. The third-order valence-electron chi connectivity index (χ3n) is 3.32. The first kappa shape index (κ1) is 15.8. The van der Waals surface area contributed by atoms with Crippen LogP contribution >= 0.6 is 0 Å². The first-order valence-electron chi connectivity index (χ1n) is 6.76. The zero-order valence-electron chi connectivity index (χ0n) is 12.6. The molecular weight excluding hydrogens is 287 g/mol. The van der Waals surface area contributed by atoms with Crippen molar-refractivity contribution in [1.82, 2.24) is 10.3 Å². The lowest BCUT2D eigenvalue weighted by molar-refractivity contribution is 0.0938. The third-order valence-corrected chi connectivity index (χ3v) is 3.32. The summed E-state index contributed by atoms with van der Waals surface area (Å²) in [5.41, 5.74) is 0.819. The molecular formula is C16H17FN2O3. The lowest BCUT2D eigenvalue weighted by Gasteiger charge is -2.15. The summed E-state index contributed by atoms with van der Waals surface area (Å²) in [6.07, 6.45) is 0. The Morgan fingerprint density at radius 3 is 2.64 bits per heavy atom. The quantitative estimate of drug-likeness (QED) is 0.910. The summed E-state index contributed by atoms with van der Waals surface area (Å²) in [5, 5.41) is 2.67. The molecule has 0 aliphatic heterocycles. The van der Waals surface area contributed by atoms with Crippen molar-refractivity contribution in [3.63, 3.8) is 0 Å². The fourth-order valence-electron chi connectivity index (χ4n) is 2.06. The van der Waals surface area contributed by atoms with Gasteiger partial charge in [-0.05, 0) is 43.7 Å². The van der Waals surface area contributed by atoms with Crippen LogP contribution in [0.3, 0.4) is 0 Å². The van der Waals surface area contributed by atoms with Gasteiger partial charge < -0.3 is 15.0 Å². The minimum Gasteiger partial charge on any atom is -0.494 e. The van der Waals surface area contributed by atoms with Crippen LogP contribution in [0.15, 0.2) is 35.1 Å². The van der Waals surface area contributed by atoms with E-state index in [1.165, 1.54) is 25.3 Å². The van der Waals surface area contributed by atoms with Crippen LogP contribution in [0.4, 0.5) is 4.39 Å². The topological polar surface area (TPSA) is 71.2 Å². The van der Waals surface area contributed by atoms with E-state index in [9.17, 15) is 14.0 Å². The number of amides is 1. The normalized spacial score (nSPS) is 11.8. The molecule has 1 heterocycles. The molecule has 1 aromatic heterocycles. The van der Waals surface area contributed by atoms with Crippen LogP contribution < -0.4 is 15.6 Å². The second-order valence-corrected chi connectivity index (χ2v) is 4.97. The van der Waals surface area contributed by atoms with Crippen molar-refractivity contribution in [3.8, 4) is 5.75 Å². The number of aromatic amines is 1. The van der Waals surface area contributed by atoms with E-state index < -0.39 is 23.3 Å². The molecule has 116 valence electrons. The number of rotatable bonds is 4. The maximum atomic E-state index is 13.7. The predicted molar refractivity (Wildman–Crippen MR) is 80.6 cm³/mol. The second-order valence-electron chi connectivity index (χ2n) is 4.97. The van der Waals surface area contributed by atoms with Gasteiger partial charge in [-0.2, -0.15) is 0 Å². The van der Waals surface area contributed by atoms with Crippen LogP contribution in [-0.2, 0) is 0 Å². The average molecular weight is 304 g/mol. The Balaban J connectivity index is 2.17. The van der Waals surface area contributed by atoms with E-state index in [0.29, 0.717) is 11.3 Å². The van der Waals surface area contributed by atoms with Crippen molar-refractivity contribution in [2.24, 2.45) is 0 Å². The van der Waals surface area contributed by atoms with Crippen molar-refractivity contribution >= 4 is 5.91 Å². The van der Waals surface area contributed by atoms with E-state index in [2.05, 4.69) is 10.3 Å². The van der Waals surface area contributed by atoms with Crippen molar-refractivity contribution in [2.75, 3.05) is 7.11 Å². The molecule has 1 aromatic carbocycles. The summed E-state index contributed by atoms with van der Waals surface area (Å²) in [7, 11) is 1.38. The van der Waals surface area contributed by atoms with E-state index >= 15 is 0 Å². The predicted octanol–water partition coefficient (Wildman–Crippen LogP) is 2.32. The number of nitrogens with one attached hydrogen (secondary N) is 2. The van der Waals surface area contributed by atoms with E-state index in [0.717, 1.165) is 0 Å². The van der Waals surface area contributed by atoms with Crippen LogP contribution in [-0.4, -0.2) is 18.0 Å². The molecule has 6 heteroatoms. The van der Waals surface area contributed by atoms with E-state index in [4.69, 9.17) is 4.74 Å². The number of aryl methyl sites for hydroxylation is 1. The van der Waals surface area contributed by atoms with Gasteiger partial charge in [-0.1, -0.05) is 6.07 Å². The largest absolute Gasteiger partial charge is 0.494 e. The number of carbonyl (C=O) groups excluding carboxylic acids is 1. The molecule has 0 bridgehead atoms. The fraction of sp³-hybridized carbons (Fsp3) is 0.250. The molecule has 1 amide bonds. The highest BCUT2D eigenvalue weighted by Gasteiger charge is 2.15. The van der Waals surface area contributed by atoms with Gasteiger partial charge in [0, 0.05) is 5.69 Å². The molecule has 0 aliphatic rings. The van der Waals surface area contributed by atoms with E-state index in [-0.39, 0.29) is 11.3 Å². The Labute approximate surface area is 127 Å². The Kier molecular flexibility index (Phi) is 4.60. The zero-order valence-corrected chi connectivity index (χ0v) is 12.6. The molecule has 0 spiro atoms. The summed E-state index contributed by atoms with van der Waals surface area (Å²) in [5.74, 6) is -0.878. The van der Waals surface area contributed by atoms with Gasteiger partial charge in [0.25, 0.3) is 11.5 Å². The van der Waals surface area contributed by atoms with Crippen LogP contribution in [0.1, 0.15) is 34.6 Å². The number of carbonyl (C=O) groups is 1. The molecule has 0 aliphatic carbocycles. The minimum atomic E-state index is -0.509. The molecule has 0 radical (unpaired) electrons. The molecule has 2 N–H and O–H groups in total. The fourth-order valence-corrected chi connectivity index (χ4v) is 2.06. The van der Waals surface area contributed by atoms with Crippen LogP contribution in [0.2, 0.25) is 0 Å². The number of halogens is 1. The lowest BCUT2D eigenvalue weighted by Crippen LogP contribution is -2.31. The van der Waals surface area contributed by atoms with Crippen molar-refractivity contribution in [2.45, 2.75) is 19.9 Å². The standard InChI is InChI=1S/C16H17FN2O3/c1-9-4-6-12(15(20)18-9)16(21)19-10(2)11-5-7-14(22-3)13(17)8-11/h4-8,10H,1-3H3,(H,18,20)(H,19,21). The maximum Gasteiger partial charge on any atom is 0.260 e. The van der Waals surface area contributed by atoms with Gasteiger partial charge in [-0.3, -0.25) is 9.59 Å². The van der Waals surface area contributed by atoms with Gasteiger partial charge in [0.15, 0.2) is 11.6 Å². The highest BCUT2D eigenvalue weighted by Crippen LogP contribution is 2.21. The highest BCUT2D eigenvalue weighted by molar-refractivity contribution is 5.94. The number of methoxy groups -OCH3 is 1. The molecule has 2 aromatic rings. The Morgan fingerprint density at radius 2 is 2.05 bits per heavy atom. The SMILES string of the molecule is COc1ccc(C(C)NC(=O)c2ccc(C)[nH]c2=O)cc1F. The summed E-state index contributed by atoms with van der Waals surface area (Å²) < 4.78 is 18.5. The van der Waals surface area contributed by atoms with Gasteiger partial charge in [0.05, 0.1) is 13.2 Å². The Hall–Kier alpha value is -2.63. The highest BCUT2D eigenvalue weighted by atomic mass is 19.1. The number of aromatic nitrogens is 1. The molecule has 1 atom stereocenters. The summed E-state index contributed by atoms with van der Waals surface area (Å²) >= 11 is 0. The molecule has 0 fully saturated rings. The molecule has 1 unspecified atom stereocenters. The van der Waals surface area contributed by atoms with Gasteiger partial charge in [0.2, 0.25) is 0 Å². The molecule has 5 nitrogen and oxygen atoms in total. The number of ether oxygens (including phenoxy) is 1. The number of pyridine rings is 1. The Morgan fingerprint density at radius 1 is 1.32 bits per heavy atom. The monoisotopic (exact) mass is 304 g/mol. The van der Waals surface area contributed by atoms with Gasteiger partial charge in [0.1, 0.15) is 5.56 Å². The number of hydrogen-bond acceptors (Lipinski definition) is 3. The first-order chi connectivity index (χ1) is 10.4. The lowest BCUT2D eigenvalue weighted by atomic mass is 10.1. The summed E-state index contributed by atoms with van der Waals surface area (Å²) in [6, 6.07) is 7.11. The number of hydrogen-bond donors (Lipinski definition) is 2. The summed E-state index contributed by atoms with van der Waals surface area (Å²) in [6.45, 7) is 3.44. The van der Waals surface area contributed by atoms with Crippen LogP contribution in [0.5, 0.6) is 5.75 Å². The van der Waals surface area contributed by atoms with Crippen molar-refractivity contribution < 1.29 is 13.9 Å². The number of benzene rings is 1. The first-order valence-corrected chi connectivity index (χ1v) is 6.76. The zero-order chi connectivity index (χ0) is 16.3. The van der Waals surface area contributed by atoms with Gasteiger partial charge in [-0.15, -0.1) is 0 Å². The van der Waals surface area contributed by atoms with Crippen molar-refractivity contribution in [1.29, 1.82) is 0 Å². The smallest absolute Gasteiger partial charge is 0.260 e. The van der Waals surface area contributed by atoms with Crippen LogP contribution in [0, 0.1) is 12.7 Å². The van der Waals surface area contributed by atoms with E-state index in [1.54, 1.807) is 26.0 Å². The van der Waals surface area contributed by atoms with Crippen molar-refractivity contribution in [3.05, 3.63) is 63.3 Å². The Bertz CT molecular complexity index is 755. The van der Waals surface area contributed by atoms with E-state index in [1.807, 2.05) is 0 Å². The van der Waals surface area contributed by atoms with Gasteiger partial charge >= 0.3 is 0 Å².